The lowest BCUT2D eigenvalue weighted by atomic mass is 9.90. The Bertz CT molecular complexity index is 824. The molecule has 5 nitrogen and oxygen atoms in total. The minimum absolute atomic E-state index is 0.0476. The maximum Gasteiger partial charge on any atom is 0.167 e. The molecule has 0 spiro atoms. The van der Waals surface area contributed by atoms with Crippen LogP contribution in [0, 0.1) is 0 Å². The van der Waals surface area contributed by atoms with E-state index in [1.807, 2.05) is 30.3 Å². The lowest BCUT2D eigenvalue weighted by Crippen LogP contribution is -2.19. The first kappa shape index (κ1) is 16.1. The van der Waals surface area contributed by atoms with Gasteiger partial charge >= 0.3 is 0 Å². The summed E-state index contributed by atoms with van der Waals surface area (Å²) in [6.45, 7) is 2.54. The Balaban J connectivity index is 2.17. The highest BCUT2D eigenvalue weighted by atomic mass is 16.5. The van der Waals surface area contributed by atoms with Crippen molar-refractivity contribution in [2.24, 2.45) is 0 Å². The second kappa shape index (κ2) is 6.00. The molecule has 0 saturated heterocycles. The van der Waals surface area contributed by atoms with Crippen molar-refractivity contribution in [1.82, 2.24) is 0 Å². The Hall–Kier alpha value is -2.82. The van der Waals surface area contributed by atoms with Crippen LogP contribution in [0.4, 0.5) is 0 Å². The number of ether oxygens (including phenoxy) is 1. The number of hydrogen-bond acceptors (Lipinski definition) is 5. The van der Waals surface area contributed by atoms with Gasteiger partial charge in [0, 0.05) is 5.56 Å². The standard InChI is InChI=1S/C19H18O5/c1-10(20)15-17(22)13-8-9-14(12-6-4-3-5-7-12)24-19(13)16(11(2)21)18(15)23/h3-7,14,22-23H,8-9H2,1-2H3. The molecule has 2 aromatic carbocycles. The smallest absolute Gasteiger partial charge is 0.167 e. The average molecular weight is 326 g/mol. The van der Waals surface area contributed by atoms with E-state index in [2.05, 4.69) is 0 Å². The topological polar surface area (TPSA) is 83.8 Å². The van der Waals surface area contributed by atoms with Crippen LogP contribution in [0.25, 0.3) is 0 Å². The van der Waals surface area contributed by atoms with Crippen molar-refractivity contribution < 1.29 is 24.5 Å². The molecule has 0 radical (unpaired) electrons. The summed E-state index contributed by atoms with van der Waals surface area (Å²) >= 11 is 0. The van der Waals surface area contributed by atoms with Gasteiger partial charge in [0.15, 0.2) is 11.6 Å². The van der Waals surface area contributed by atoms with E-state index in [9.17, 15) is 19.8 Å². The molecular formula is C19H18O5. The second-order valence-electron chi connectivity index (χ2n) is 5.92. The molecule has 0 saturated carbocycles. The van der Waals surface area contributed by atoms with Gasteiger partial charge in [-0.15, -0.1) is 0 Å². The summed E-state index contributed by atoms with van der Waals surface area (Å²) in [6, 6.07) is 9.54. The number of carbonyl (C=O) groups excluding carboxylic acids is 2. The van der Waals surface area contributed by atoms with Crippen LogP contribution in [0.5, 0.6) is 17.2 Å². The zero-order valence-electron chi connectivity index (χ0n) is 13.5. The normalized spacial score (nSPS) is 16.2. The average Bonchev–Trinajstić information content (AvgIpc) is 2.54. The Labute approximate surface area is 139 Å². The van der Waals surface area contributed by atoms with Crippen molar-refractivity contribution >= 4 is 11.6 Å². The molecule has 1 atom stereocenters. The van der Waals surface area contributed by atoms with Crippen LogP contribution in [-0.2, 0) is 6.42 Å². The van der Waals surface area contributed by atoms with E-state index in [-0.39, 0.29) is 28.7 Å². The molecule has 1 aliphatic heterocycles. The molecule has 1 unspecified atom stereocenters. The summed E-state index contributed by atoms with van der Waals surface area (Å²) < 4.78 is 5.95. The fraction of sp³-hybridized carbons (Fsp3) is 0.263. The molecule has 0 bridgehead atoms. The molecule has 3 rings (SSSR count). The van der Waals surface area contributed by atoms with Crippen molar-refractivity contribution in [3.63, 3.8) is 0 Å². The van der Waals surface area contributed by atoms with E-state index in [0.717, 1.165) is 5.56 Å². The Morgan fingerprint density at radius 1 is 1.00 bits per heavy atom. The maximum atomic E-state index is 12.0. The van der Waals surface area contributed by atoms with E-state index in [1.54, 1.807) is 0 Å². The van der Waals surface area contributed by atoms with Gasteiger partial charge in [-0.3, -0.25) is 9.59 Å². The minimum atomic E-state index is -0.514. The van der Waals surface area contributed by atoms with E-state index in [1.165, 1.54) is 13.8 Å². The lowest BCUT2D eigenvalue weighted by Gasteiger charge is -2.29. The van der Waals surface area contributed by atoms with E-state index >= 15 is 0 Å². The molecule has 2 aromatic rings. The zero-order chi connectivity index (χ0) is 17.4. The van der Waals surface area contributed by atoms with Crippen LogP contribution in [0.1, 0.15) is 58.2 Å². The summed E-state index contributed by atoms with van der Waals surface area (Å²) in [4.78, 5) is 23.8. The van der Waals surface area contributed by atoms with E-state index < -0.39 is 17.3 Å². The number of hydrogen-bond donors (Lipinski definition) is 2. The molecule has 0 aliphatic carbocycles. The lowest BCUT2D eigenvalue weighted by molar-refractivity contribution is 0.0996. The Morgan fingerprint density at radius 2 is 1.62 bits per heavy atom. The maximum absolute atomic E-state index is 12.0. The molecule has 124 valence electrons. The van der Waals surface area contributed by atoms with Crippen molar-refractivity contribution in [2.45, 2.75) is 32.8 Å². The highest BCUT2D eigenvalue weighted by Crippen LogP contribution is 2.48. The monoisotopic (exact) mass is 326 g/mol. The van der Waals surface area contributed by atoms with Crippen LogP contribution in [0.15, 0.2) is 30.3 Å². The minimum Gasteiger partial charge on any atom is -0.507 e. The molecule has 24 heavy (non-hydrogen) atoms. The van der Waals surface area contributed by atoms with Crippen LogP contribution in [0.3, 0.4) is 0 Å². The van der Waals surface area contributed by atoms with E-state index in [0.29, 0.717) is 18.4 Å². The predicted octanol–water partition coefficient (Wildman–Crippen LogP) is 3.57. The largest absolute Gasteiger partial charge is 0.507 e. The van der Waals surface area contributed by atoms with Gasteiger partial charge < -0.3 is 14.9 Å². The Kier molecular flexibility index (Phi) is 4.01. The zero-order valence-corrected chi connectivity index (χ0v) is 13.5. The SMILES string of the molecule is CC(=O)c1c(O)c2c(c(C(C)=O)c1O)OC(c1ccccc1)CC2. The number of carbonyl (C=O) groups is 2. The van der Waals surface area contributed by atoms with Crippen LogP contribution >= 0.6 is 0 Å². The number of rotatable bonds is 3. The third kappa shape index (κ3) is 2.52. The molecule has 1 heterocycles. The summed E-state index contributed by atoms with van der Waals surface area (Å²) in [7, 11) is 0. The fourth-order valence-corrected chi connectivity index (χ4v) is 3.16. The molecule has 0 aromatic heterocycles. The third-order valence-electron chi connectivity index (χ3n) is 4.29. The van der Waals surface area contributed by atoms with Gasteiger partial charge in [0.2, 0.25) is 0 Å². The van der Waals surface area contributed by atoms with Crippen molar-refractivity contribution in [1.29, 1.82) is 0 Å². The highest BCUT2D eigenvalue weighted by Gasteiger charge is 2.33. The van der Waals surface area contributed by atoms with Gasteiger partial charge in [-0.1, -0.05) is 30.3 Å². The Morgan fingerprint density at radius 3 is 2.21 bits per heavy atom. The van der Waals surface area contributed by atoms with Gasteiger partial charge in [-0.05, 0) is 32.3 Å². The number of Topliss-reactive ketones (excluding diaryl/α,β-unsaturated/α-hetero) is 2. The summed E-state index contributed by atoms with van der Waals surface area (Å²) in [5.74, 6) is -1.56. The molecule has 0 fully saturated rings. The number of aromatic hydroxyl groups is 2. The molecule has 5 heteroatoms. The molecule has 0 amide bonds. The first-order valence-corrected chi connectivity index (χ1v) is 7.76. The summed E-state index contributed by atoms with van der Waals surface area (Å²) in [5.41, 5.74) is 1.08. The molecular weight excluding hydrogens is 308 g/mol. The predicted molar refractivity (Wildman–Crippen MR) is 87.9 cm³/mol. The van der Waals surface area contributed by atoms with Gasteiger partial charge in [0.25, 0.3) is 0 Å². The van der Waals surface area contributed by atoms with Crippen LogP contribution in [0.2, 0.25) is 0 Å². The van der Waals surface area contributed by atoms with Crippen LogP contribution in [-0.4, -0.2) is 21.8 Å². The van der Waals surface area contributed by atoms with E-state index in [4.69, 9.17) is 4.74 Å². The summed E-state index contributed by atoms with van der Waals surface area (Å²) in [5, 5.41) is 20.7. The number of benzene rings is 2. The van der Waals surface area contributed by atoms with Crippen LogP contribution < -0.4 is 4.74 Å². The first-order chi connectivity index (χ1) is 11.4. The third-order valence-corrected chi connectivity index (χ3v) is 4.29. The first-order valence-electron chi connectivity index (χ1n) is 7.76. The van der Waals surface area contributed by atoms with Gasteiger partial charge in [0.1, 0.15) is 34.5 Å². The van der Waals surface area contributed by atoms with Crippen molar-refractivity contribution in [3.05, 3.63) is 52.6 Å². The number of phenolic OH excluding ortho intramolecular Hbond substituents is 2. The van der Waals surface area contributed by atoms with Gasteiger partial charge in [-0.2, -0.15) is 0 Å². The van der Waals surface area contributed by atoms with Gasteiger partial charge in [-0.25, -0.2) is 0 Å². The van der Waals surface area contributed by atoms with Crippen molar-refractivity contribution in [3.8, 4) is 17.2 Å². The fourth-order valence-electron chi connectivity index (χ4n) is 3.16. The quantitative estimate of drug-likeness (QED) is 0.842. The molecule has 1 aliphatic rings. The van der Waals surface area contributed by atoms with Gasteiger partial charge in [0.05, 0.1) is 0 Å². The summed E-state index contributed by atoms with van der Waals surface area (Å²) in [6.07, 6.45) is 0.768. The second-order valence-corrected chi connectivity index (χ2v) is 5.92. The van der Waals surface area contributed by atoms with Crippen molar-refractivity contribution in [2.75, 3.05) is 0 Å². The number of ketones is 2. The molecule has 2 N–H and O–H groups in total. The number of fused-ring (bicyclic) bond motifs is 1. The number of phenols is 2. The highest BCUT2D eigenvalue weighted by molar-refractivity contribution is 6.08.